The Morgan fingerprint density at radius 3 is 2.55 bits per heavy atom. The molecule has 20 heavy (non-hydrogen) atoms. The van der Waals surface area contributed by atoms with Crippen molar-refractivity contribution in [2.45, 2.75) is 31.3 Å². The summed E-state index contributed by atoms with van der Waals surface area (Å²) in [5.41, 5.74) is 6.37. The van der Waals surface area contributed by atoms with Crippen LogP contribution in [0, 0.1) is 0 Å². The van der Waals surface area contributed by atoms with Gasteiger partial charge >= 0.3 is 5.97 Å². The van der Waals surface area contributed by atoms with Crippen LogP contribution in [-0.2, 0) is 9.53 Å². The topological polar surface area (TPSA) is 81.4 Å². The van der Waals surface area contributed by atoms with Gasteiger partial charge in [-0.2, -0.15) is 0 Å². The first kappa shape index (κ1) is 16.4. The van der Waals surface area contributed by atoms with E-state index in [1.165, 1.54) is 11.8 Å². The number of hydrogen-bond acceptors (Lipinski definition) is 5. The summed E-state index contributed by atoms with van der Waals surface area (Å²) in [5.74, 6) is -0.352. The molecule has 0 heterocycles. The maximum absolute atomic E-state index is 11.7. The highest BCUT2D eigenvalue weighted by atomic mass is 32.2. The number of rotatable bonds is 4. The van der Waals surface area contributed by atoms with Crippen molar-refractivity contribution >= 4 is 29.3 Å². The fraction of sp³-hybridized carbons (Fsp3) is 0.429. The van der Waals surface area contributed by atoms with E-state index in [0.717, 1.165) is 0 Å². The minimum absolute atomic E-state index is 0.151. The van der Waals surface area contributed by atoms with Gasteiger partial charge in [-0.3, -0.25) is 9.59 Å². The first-order chi connectivity index (χ1) is 9.23. The summed E-state index contributed by atoms with van der Waals surface area (Å²) in [4.78, 5) is 23.9. The Hall–Kier alpha value is -1.69. The standard InChI is InChI=1S/C14H20N2O3S/c1-14(2,3)19-12(17)8-20-11-7-9(13(18)16-4)5-6-10(11)15/h5-7H,8,15H2,1-4H3,(H,16,18). The van der Waals surface area contributed by atoms with E-state index < -0.39 is 5.60 Å². The zero-order valence-corrected chi connectivity index (χ0v) is 13.0. The van der Waals surface area contributed by atoms with Crippen LogP contribution in [0.3, 0.4) is 0 Å². The SMILES string of the molecule is CNC(=O)c1ccc(N)c(SCC(=O)OC(C)(C)C)c1. The molecule has 0 bridgehead atoms. The van der Waals surface area contributed by atoms with Crippen LogP contribution in [0.5, 0.6) is 0 Å². The summed E-state index contributed by atoms with van der Waals surface area (Å²) < 4.78 is 5.22. The smallest absolute Gasteiger partial charge is 0.316 e. The third-order valence-corrected chi connectivity index (χ3v) is 3.31. The highest BCUT2D eigenvalue weighted by Gasteiger charge is 2.17. The average molecular weight is 296 g/mol. The number of thioether (sulfide) groups is 1. The number of nitrogens with two attached hydrogens (primary N) is 1. The lowest BCUT2D eigenvalue weighted by Crippen LogP contribution is -2.25. The van der Waals surface area contributed by atoms with Gasteiger partial charge in [0.1, 0.15) is 5.60 Å². The molecular formula is C14H20N2O3S. The van der Waals surface area contributed by atoms with Crippen LogP contribution >= 0.6 is 11.8 Å². The van der Waals surface area contributed by atoms with Crippen molar-refractivity contribution in [1.82, 2.24) is 5.32 Å². The number of amides is 1. The van der Waals surface area contributed by atoms with E-state index in [1.807, 2.05) is 20.8 Å². The Kier molecular flexibility index (Phi) is 5.44. The summed E-state index contributed by atoms with van der Waals surface area (Å²) in [6.45, 7) is 5.45. The van der Waals surface area contributed by atoms with E-state index in [9.17, 15) is 9.59 Å². The van der Waals surface area contributed by atoms with E-state index in [-0.39, 0.29) is 17.6 Å². The molecule has 0 fully saturated rings. The molecule has 1 aromatic rings. The molecule has 0 aliphatic heterocycles. The molecule has 0 atom stereocenters. The number of carbonyl (C=O) groups is 2. The number of benzene rings is 1. The van der Waals surface area contributed by atoms with Gasteiger partial charge in [0, 0.05) is 23.2 Å². The van der Waals surface area contributed by atoms with E-state index in [0.29, 0.717) is 16.1 Å². The molecule has 1 rings (SSSR count). The monoisotopic (exact) mass is 296 g/mol. The zero-order valence-electron chi connectivity index (χ0n) is 12.1. The van der Waals surface area contributed by atoms with Gasteiger partial charge < -0.3 is 15.8 Å². The molecule has 0 saturated heterocycles. The van der Waals surface area contributed by atoms with Gasteiger partial charge in [0.2, 0.25) is 0 Å². The van der Waals surface area contributed by atoms with Crippen molar-refractivity contribution in [3.8, 4) is 0 Å². The molecule has 1 aromatic carbocycles. The molecule has 6 heteroatoms. The number of esters is 1. The Balaban J connectivity index is 2.72. The van der Waals surface area contributed by atoms with E-state index in [4.69, 9.17) is 10.5 Å². The third-order valence-electron chi connectivity index (χ3n) is 2.27. The number of carbonyl (C=O) groups excluding carboxylic acids is 2. The van der Waals surface area contributed by atoms with Gasteiger partial charge in [0.15, 0.2) is 0 Å². The van der Waals surface area contributed by atoms with E-state index >= 15 is 0 Å². The van der Waals surface area contributed by atoms with Gasteiger partial charge in [-0.25, -0.2) is 0 Å². The van der Waals surface area contributed by atoms with E-state index in [1.54, 1.807) is 25.2 Å². The van der Waals surface area contributed by atoms with Crippen LogP contribution in [0.15, 0.2) is 23.1 Å². The van der Waals surface area contributed by atoms with Crippen LogP contribution < -0.4 is 11.1 Å². The van der Waals surface area contributed by atoms with Gasteiger partial charge in [-0.1, -0.05) is 0 Å². The predicted octanol–water partition coefficient (Wildman–Crippen LogP) is 2.06. The molecule has 110 valence electrons. The Labute approximate surface area is 123 Å². The van der Waals surface area contributed by atoms with E-state index in [2.05, 4.69) is 5.32 Å². The molecule has 0 aromatic heterocycles. The predicted molar refractivity (Wildman–Crippen MR) is 80.8 cm³/mol. The first-order valence-corrected chi connectivity index (χ1v) is 7.18. The second-order valence-electron chi connectivity index (χ2n) is 5.21. The third kappa shape index (κ3) is 5.13. The lowest BCUT2D eigenvalue weighted by Gasteiger charge is -2.19. The second-order valence-corrected chi connectivity index (χ2v) is 6.22. The minimum Gasteiger partial charge on any atom is -0.459 e. The van der Waals surface area contributed by atoms with Crippen LogP contribution in [0.4, 0.5) is 5.69 Å². The largest absolute Gasteiger partial charge is 0.459 e. The maximum Gasteiger partial charge on any atom is 0.316 e. The maximum atomic E-state index is 11.7. The lowest BCUT2D eigenvalue weighted by atomic mass is 10.2. The van der Waals surface area contributed by atoms with Crippen molar-refractivity contribution in [2.75, 3.05) is 18.5 Å². The summed E-state index contributed by atoms with van der Waals surface area (Å²) in [6.07, 6.45) is 0. The molecule has 5 nitrogen and oxygen atoms in total. The Morgan fingerprint density at radius 1 is 1.35 bits per heavy atom. The number of anilines is 1. The molecule has 0 aliphatic rings. The normalized spacial score (nSPS) is 11.0. The average Bonchev–Trinajstić information content (AvgIpc) is 2.34. The van der Waals surface area contributed by atoms with Crippen LogP contribution in [-0.4, -0.2) is 30.3 Å². The summed E-state index contributed by atoms with van der Waals surface area (Å²) >= 11 is 1.26. The molecule has 0 aliphatic carbocycles. The number of nitrogens with one attached hydrogen (secondary N) is 1. The van der Waals surface area contributed by atoms with Gasteiger partial charge in [0.05, 0.1) is 5.75 Å². The van der Waals surface area contributed by atoms with Crippen LogP contribution in [0.1, 0.15) is 31.1 Å². The van der Waals surface area contributed by atoms with Crippen LogP contribution in [0.2, 0.25) is 0 Å². The van der Waals surface area contributed by atoms with Crippen molar-refractivity contribution in [1.29, 1.82) is 0 Å². The Morgan fingerprint density at radius 2 is 2.00 bits per heavy atom. The van der Waals surface area contributed by atoms with Crippen LogP contribution in [0.25, 0.3) is 0 Å². The number of ether oxygens (including phenoxy) is 1. The fourth-order valence-corrected chi connectivity index (χ4v) is 2.23. The molecule has 0 saturated carbocycles. The fourth-order valence-electron chi connectivity index (χ4n) is 1.45. The molecule has 3 N–H and O–H groups in total. The molecule has 1 amide bonds. The molecular weight excluding hydrogens is 276 g/mol. The summed E-state index contributed by atoms with van der Waals surface area (Å²) in [6, 6.07) is 4.97. The lowest BCUT2D eigenvalue weighted by molar-refractivity contribution is -0.151. The quantitative estimate of drug-likeness (QED) is 0.505. The first-order valence-electron chi connectivity index (χ1n) is 6.19. The van der Waals surface area contributed by atoms with Gasteiger partial charge in [-0.15, -0.1) is 11.8 Å². The highest BCUT2D eigenvalue weighted by Crippen LogP contribution is 2.26. The highest BCUT2D eigenvalue weighted by molar-refractivity contribution is 8.00. The van der Waals surface area contributed by atoms with Gasteiger partial charge in [-0.05, 0) is 39.0 Å². The Bertz CT molecular complexity index is 510. The molecule has 0 unspecified atom stereocenters. The van der Waals surface area contributed by atoms with Crippen molar-refractivity contribution in [3.63, 3.8) is 0 Å². The zero-order chi connectivity index (χ0) is 15.3. The number of nitrogen functional groups attached to an aromatic ring is 1. The van der Waals surface area contributed by atoms with Crippen molar-refractivity contribution < 1.29 is 14.3 Å². The molecule has 0 radical (unpaired) electrons. The van der Waals surface area contributed by atoms with Gasteiger partial charge in [0.25, 0.3) is 5.91 Å². The van der Waals surface area contributed by atoms with Crippen molar-refractivity contribution in [3.05, 3.63) is 23.8 Å². The number of hydrogen-bond donors (Lipinski definition) is 2. The summed E-state index contributed by atoms with van der Waals surface area (Å²) in [5, 5.41) is 2.54. The van der Waals surface area contributed by atoms with Crippen molar-refractivity contribution in [2.24, 2.45) is 0 Å². The summed E-state index contributed by atoms with van der Waals surface area (Å²) in [7, 11) is 1.56. The minimum atomic E-state index is -0.507. The molecule has 0 spiro atoms. The second kappa shape index (κ2) is 6.65.